The van der Waals surface area contributed by atoms with Crippen LogP contribution in [0.3, 0.4) is 0 Å². The summed E-state index contributed by atoms with van der Waals surface area (Å²) in [7, 11) is 2.00. The van der Waals surface area contributed by atoms with E-state index in [-0.39, 0.29) is 10.6 Å². The highest BCUT2D eigenvalue weighted by molar-refractivity contribution is 6.34. The molecule has 0 radical (unpaired) electrons. The molecule has 0 saturated carbocycles. The second-order valence-corrected chi connectivity index (χ2v) is 7.64. The minimum absolute atomic E-state index is 0.0595. The Hall–Kier alpha value is -1.79. The van der Waals surface area contributed by atoms with Gasteiger partial charge in [-0.2, -0.15) is 13.2 Å². The first-order chi connectivity index (χ1) is 12.7. The molecule has 1 unspecified atom stereocenters. The third-order valence-electron chi connectivity index (χ3n) is 5.21. The van der Waals surface area contributed by atoms with Crippen molar-refractivity contribution in [3.63, 3.8) is 0 Å². The fourth-order valence-corrected chi connectivity index (χ4v) is 4.14. The third kappa shape index (κ3) is 4.38. The van der Waals surface area contributed by atoms with Crippen LogP contribution in [0.4, 0.5) is 13.2 Å². The molecule has 1 aliphatic heterocycles. The Kier molecular flexibility index (Phi) is 5.68. The van der Waals surface area contributed by atoms with E-state index in [0.29, 0.717) is 6.54 Å². The molecule has 1 amide bonds. The lowest BCUT2D eigenvalue weighted by Gasteiger charge is -2.44. The summed E-state index contributed by atoms with van der Waals surface area (Å²) in [6, 6.07) is 2.84. The number of hydrogen-bond acceptors (Lipinski definition) is 2. The van der Waals surface area contributed by atoms with Gasteiger partial charge < -0.3 is 10.2 Å². The van der Waals surface area contributed by atoms with Gasteiger partial charge in [0, 0.05) is 6.54 Å². The second kappa shape index (κ2) is 7.68. The van der Waals surface area contributed by atoms with Gasteiger partial charge in [0.2, 0.25) is 0 Å². The van der Waals surface area contributed by atoms with Crippen LogP contribution in [0, 0.1) is 0 Å². The van der Waals surface area contributed by atoms with Gasteiger partial charge in [0.1, 0.15) is 0 Å². The van der Waals surface area contributed by atoms with Crippen LogP contribution in [-0.4, -0.2) is 36.5 Å². The Balaban J connectivity index is 1.89. The van der Waals surface area contributed by atoms with Gasteiger partial charge in [-0.25, -0.2) is 0 Å². The summed E-state index contributed by atoms with van der Waals surface area (Å²) in [5.41, 5.74) is -0.186. The number of benzene rings is 1. The predicted molar refractivity (Wildman–Crippen MR) is 99.8 cm³/mol. The number of carbonyl (C=O) groups excluding carboxylic acids is 1. The molecule has 1 N–H and O–H groups in total. The highest BCUT2D eigenvalue weighted by atomic mass is 35.5. The molecule has 0 bridgehead atoms. The molecule has 1 aromatic rings. The normalized spacial score (nSPS) is 23.8. The summed E-state index contributed by atoms with van der Waals surface area (Å²) >= 11 is 6.01. The van der Waals surface area contributed by atoms with Crippen molar-refractivity contribution in [1.29, 1.82) is 0 Å². The number of likely N-dealkylation sites (N-methyl/N-ethyl adjacent to an activating group) is 1. The monoisotopic (exact) mass is 398 g/mol. The molecule has 2 aliphatic rings. The minimum atomic E-state index is -4.49. The second-order valence-electron chi connectivity index (χ2n) is 7.23. The van der Waals surface area contributed by atoms with E-state index in [0.717, 1.165) is 56.0 Å². The molecule has 27 heavy (non-hydrogen) atoms. The van der Waals surface area contributed by atoms with Crippen molar-refractivity contribution in [3.05, 3.63) is 58.1 Å². The highest BCUT2D eigenvalue weighted by Gasteiger charge is 2.39. The lowest BCUT2D eigenvalue weighted by molar-refractivity contribution is -0.137. The van der Waals surface area contributed by atoms with Crippen molar-refractivity contribution in [2.45, 2.75) is 37.4 Å². The van der Waals surface area contributed by atoms with Crippen LogP contribution in [-0.2, 0) is 6.18 Å². The van der Waals surface area contributed by atoms with Gasteiger partial charge >= 0.3 is 6.18 Å². The molecule has 1 saturated heterocycles. The van der Waals surface area contributed by atoms with Gasteiger partial charge in [0.15, 0.2) is 0 Å². The lowest BCUT2D eigenvalue weighted by Crippen LogP contribution is -2.59. The van der Waals surface area contributed by atoms with Gasteiger partial charge in [-0.3, -0.25) is 4.79 Å². The van der Waals surface area contributed by atoms with Gasteiger partial charge in [-0.15, -0.1) is 0 Å². The molecular formula is C20H22ClF3N2O. The van der Waals surface area contributed by atoms with Crippen LogP contribution in [0.2, 0.25) is 5.02 Å². The lowest BCUT2D eigenvalue weighted by atomic mass is 9.78. The van der Waals surface area contributed by atoms with E-state index in [4.69, 9.17) is 11.6 Å². The molecule has 7 heteroatoms. The molecular weight excluding hydrogens is 377 g/mol. The first-order valence-corrected chi connectivity index (χ1v) is 9.33. The van der Waals surface area contributed by atoms with E-state index in [1.807, 2.05) is 19.2 Å². The molecule has 1 aliphatic carbocycles. The van der Waals surface area contributed by atoms with E-state index in [1.165, 1.54) is 0 Å². The molecule has 146 valence electrons. The zero-order chi connectivity index (χ0) is 19.7. The molecule has 0 aromatic heterocycles. The van der Waals surface area contributed by atoms with Crippen LogP contribution in [0.25, 0.3) is 0 Å². The first-order valence-electron chi connectivity index (χ1n) is 8.95. The summed E-state index contributed by atoms with van der Waals surface area (Å²) in [6.45, 7) is 1.61. The minimum Gasteiger partial charge on any atom is -0.341 e. The van der Waals surface area contributed by atoms with E-state index in [2.05, 4.69) is 16.3 Å². The summed E-state index contributed by atoms with van der Waals surface area (Å²) < 4.78 is 38.5. The molecule has 3 rings (SSSR count). The third-order valence-corrected chi connectivity index (χ3v) is 5.52. The largest absolute Gasteiger partial charge is 0.416 e. The van der Waals surface area contributed by atoms with E-state index in [9.17, 15) is 18.0 Å². The standard InChI is InChI=1S/C20H22ClF3N2O/c1-26-11-5-10-19(13-26,14-6-3-2-4-7-14)25-18(27)16-9-8-15(12-17(16)21)20(22,23)24/h2-3,6,8-9,12H,4-5,7,10-11,13H2,1H3,(H,25,27). The highest BCUT2D eigenvalue weighted by Crippen LogP contribution is 2.35. The van der Waals surface area contributed by atoms with Crippen LogP contribution in [0.5, 0.6) is 0 Å². The van der Waals surface area contributed by atoms with Crippen molar-refractivity contribution < 1.29 is 18.0 Å². The molecule has 3 nitrogen and oxygen atoms in total. The van der Waals surface area contributed by atoms with Crippen LogP contribution in [0.1, 0.15) is 41.6 Å². The Morgan fingerprint density at radius 2 is 2.11 bits per heavy atom. The van der Waals surface area contributed by atoms with Crippen LogP contribution < -0.4 is 5.32 Å². The van der Waals surface area contributed by atoms with Crippen molar-refractivity contribution in [1.82, 2.24) is 10.2 Å². The van der Waals surface area contributed by atoms with Crippen molar-refractivity contribution in [3.8, 4) is 0 Å². The molecule has 1 heterocycles. The maximum atomic E-state index is 12.9. The summed E-state index contributed by atoms with van der Waals surface area (Å²) in [4.78, 5) is 15.1. The molecule has 1 aromatic carbocycles. The SMILES string of the molecule is CN1CCCC(NC(=O)c2ccc(C(F)(F)F)cc2Cl)(C2=CC=CCC2)C1. The van der Waals surface area contributed by atoms with Gasteiger partial charge in [0.05, 0.1) is 21.7 Å². The number of nitrogens with zero attached hydrogens (tertiary/aromatic N) is 1. The Morgan fingerprint density at radius 1 is 1.33 bits per heavy atom. The smallest absolute Gasteiger partial charge is 0.341 e. The Bertz CT molecular complexity index is 788. The first kappa shape index (κ1) is 20.0. The quantitative estimate of drug-likeness (QED) is 0.791. The van der Waals surface area contributed by atoms with Crippen molar-refractivity contribution in [2.24, 2.45) is 0 Å². The maximum Gasteiger partial charge on any atom is 0.416 e. The van der Waals surface area contributed by atoms with Crippen LogP contribution in [0.15, 0.2) is 42.0 Å². The van der Waals surface area contributed by atoms with Gasteiger partial charge in [-0.1, -0.05) is 29.8 Å². The zero-order valence-electron chi connectivity index (χ0n) is 15.1. The number of piperidine rings is 1. The molecule has 1 fully saturated rings. The van der Waals surface area contributed by atoms with Crippen LogP contribution >= 0.6 is 11.6 Å². The Morgan fingerprint density at radius 3 is 2.70 bits per heavy atom. The average molecular weight is 399 g/mol. The number of allylic oxidation sites excluding steroid dienone is 3. The summed E-state index contributed by atoms with van der Waals surface area (Å²) in [5.74, 6) is -0.445. The number of amides is 1. The fraction of sp³-hybridized carbons (Fsp3) is 0.450. The average Bonchev–Trinajstić information content (AvgIpc) is 2.61. The summed E-state index contributed by atoms with van der Waals surface area (Å²) in [6.07, 6.45) is 5.10. The van der Waals surface area contributed by atoms with E-state index in [1.54, 1.807) is 0 Å². The number of alkyl halides is 3. The van der Waals surface area contributed by atoms with Crippen molar-refractivity contribution >= 4 is 17.5 Å². The predicted octanol–water partition coefficient (Wildman–Crippen LogP) is 4.83. The number of halogens is 4. The molecule has 0 spiro atoms. The molecule has 1 atom stereocenters. The van der Waals surface area contributed by atoms with E-state index < -0.39 is 23.2 Å². The number of hydrogen-bond donors (Lipinski definition) is 1. The number of carbonyl (C=O) groups is 1. The zero-order valence-corrected chi connectivity index (χ0v) is 15.8. The van der Waals surface area contributed by atoms with Gasteiger partial charge in [-0.05, 0) is 63.0 Å². The topological polar surface area (TPSA) is 32.3 Å². The van der Waals surface area contributed by atoms with Crippen molar-refractivity contribution in [2.75, 3.05) is 20.1 Å². The number of likely N-dealkylation sites (tertiary alicyclic amines) is 1. The summed E-state index contributed by atoms with van der Waals surface area (Å²) in [5, 5.41) is 2.90. The number of rotatable bonds is 3. The fourth-order valence-electron chi connectivity index (χ4n) is 3.88. The van der Waals surface area contributed by atoms with Gasteiger partial charge in [0.25, 0.3) is 5.91 Å². The van der Waals surface area contributed by atoms with E-state index >= 15 is 0 Å². The Labute approximate surface area is 161 Å². The maximum absolute atomic E-state index is 12.9. The number of nitrogens with one attached hydrogen (secondary N) is 1.